The first-order valence-corrected chi connectivity index (χ1v) is 6.68. The SMILES string of the molecule is C=C(C)CN(CC)c1nc2c(cc1C(=O)O)CCC2. The molecule has 19 heavy (non-hydrogen) atoms. The Bertz CT molecular complexity index is 523. The standard InChI is InChI=1S/C15H20N2O2/c1-4-17(9-10(2)3)14-12(15(18)19)8-11-6-5-7-13(11)16-14/h8H,2,4-7,9H2,1,3H3,(H,18,19). The largest absolute Gasteiger partial charge is 0.478 e. The van der Waals surface area contributed by atoms with Gasteiger partial charge >= 0.3 is 5.97 Å². The second-order valence-electron chi connectivity index (χ2n) is 5.10. The van der Waals surface area contributed by atoms with Crippen molar-refractivity contribution in [3.63, 3.8) is 0 Å². The molecule has 1 aliphatic rings. The highest BCUT2D eigenvalue weighted by atomic mass is 16.4. The van der Waals surface area contributed by atoms with E-state index in [4.69, 9.17) is 0 Å². The van der Waals surface area contributed by atoms with Crippen molar-refractivity contribution in [1.82, 2.24) is 4.98 Å². The summed E-state index contributed by atoms with van der Waals surface area (Å²) in [5, 5.41) is 9.39. The lowest BCUT2D eigenvalue weighted by molar-refractivity contribution is 0.0697. The molecule has 1 heterocycles. The molecule has 0 radical (unpaired) electrons. The van der Waals surface area contributed by atoms with Gasteiger partial charge in [-0.25, -0.2) is 9.78 Å². The maximum atomic E-state index is 11.4. The fourth-order valence-electron chi connectivity index (χ4n) is 2.52. The van der Waals surface area contributed by atoms with Gasteiger partial charge in [-0.05, 0) is 44.7 Å². The van der Waals surface area contributed by atoms with Crippen LogP contribution >= 0.6 is 0 Å². The van der Waals surface area contributed by atoms with E-state index in [1.165, 1.54) is 0 Å². The van der Waals surface area contributed by atoms with E-state index < -0.39 is 5.97 Å². The molecule has 0 unspecified atom stereocenters. The van der Waals surface area contributed by atoms with E-state index in [0.29, 0.717) is 17.9 Å². The summed E-state index contributed by atoms with van der Waals surface area (Å²) in [4.78, 5) is 18.0. The number of pyridine rings is 1. The van der Waals surface area contributed by atoms with Gasteiger partial charge in [0.05, 0.1) is 0 Å². The lowest BCUT2D eigenvalue weighted by Gasteiger charge is -2.24. The number of likely N-dealkylation sites (N-methyl/N-ethyl adjacent to an activating group) is 1. The van der Waals surface area contributed by atoms with Gasteiger partial charge in [-0.3, -0.25) is 0 Å². The lowest BCUT2D eigenvalue weighted by atomic mass is 10.1. The predicted octanol–water partition coefficient (Wildman–Crippen LogP) is 2.67. The monoisotopic (exact) mass is 260 g/mol. The van der Waals surface area contributed by atoms with Crippen molar-refractivity contribution in [1.29, 1.82) is 0 Å². The lowest BCUT2D eigenvalue weighted by Crippen LogP contribution is -2.28. The average Bonchev–Trinajstić information content (AvgIpc) is 2.81. The Balaban J connectivity index is 2.47. The number of hydrogen-bond acceptors (Lipinski definition) is 3. The van der Waals surface area contributed by atoms with Crippen molar-refractivity contribution in [2.24, 2.45) is 0 Å². The minimum Gasteiger partial charge on any atom is -0.478 e. The third-order valence-corrected chi connectivity index (χ3v) is 3.40. The molecule has 1 aromatic rings. The summed E-state index contributed by atoms with van der Waals surface area (Å²) < 4.78 is 0. The maximum absolute atomic E-state index is 11.4. The molecular weight excluding hydrogens is 240 g/mol. The molecule has 102 valence electrons. The topological polar surface area (TPSA) is 53.4 Å². The van der Waals surface area contributed by atoms with Gasteiger partial charge in [0, 0.05) is 18.8 Å². The molecule has 1 N–H and O–H groups in total. The Hall–Kier alpha value is -1.84. The van der Waals surface area contributed by atoms with Crippen LogP contribution in [0.4, 0.5) is 5.82 Å². The van der Waals surface area contributed by atoms with Crippen LogP contribution in [0.5, 0.6) is 0 Å². The fraction of sp³-hybridized carbons (Fsp3) is 0.467. The highest BCUT2D eigenvalue weighted by Crippen LogP contribution is 2.27. The molecule has 2 rings (SSSR count). The first kappa shape index (κ1) is 13.6. The number of anilines is 1. The number of aromatic carboxylic acids is 1. The minimum absolute atomic E-state index is 0.309. The maximum Gasteiger partial charge on any atom is 0.339 e. The van der Waals surface area contributed by atoms with Crippen LogP contribution in [0.2, 0.25) is 0 Å². The van der Waals surface area contributed by atoms with Crippen LogP contribution < -0.4 is 4.90 Å². The minimum atomic E-state index is -0.905. The van der Waals surface area contributed by atoms with Crippen molar-refractivity contribution in [2.75, 3.05) is 18.0 Å². The second-order valence-corrected chi connectivity index (χ2v) is 5.10. The van der Waals surface area contributed by atoms with Crippen LogP contribution in [-0.4, -0.2) is 29.1 Å². The smallest absolute Gasteiger partial charge is 0.339 e. The van der Waals surface area contributed by atoms with Crippen molar-refractivity contribution < 1.29 is 9.90 Å². The van der Waals surface area contributed by atoms with Gasteiger partial charge in [0.1, 0.15) is 11.4 Å². The third kappa shape index (κ3) is 2.78. The Morgan fingerprint density at radius 2 is 2.26 bits per heavy atom. The van der Waals surface area contributed by atoms with Crippen molar-refractivity contribution >= 4 is 11.8 Å². The normalized spacial score (nSPS) is 13.2. The second kappa shape index (κ2) is 5.43. The molecule has 0 aliphatic heterocycles. The molecule has 0 saturated heterocycles. The molecule has 4 nitrogen and oxygen atoms in total. The Morgan fingerprint density at radius 3 is 2.84 bits per heavy atom. The average molecular weight is 260 g/mol. The Morgan fingerprint density at radius 1 is 1.53 bits per heavy atom. The van der Waals surface area contributed by atoms with E-state index in [-0.39, 0.29) is 0 Å². The zero-order valence-corrected chi connectivity index (χ0v) is 11.6. The number of nitrogens with zero attached hydrogens (tertiary/aromatic N) is 2. The molecule has 0 bridgehead atoms. The van der Waals surface area contributed by atoms with Gasteiger partial charge in [0.15, 0.2) is 0 Å². The van der Waals surface area contributed by atoms with E-state index in [0.717, 1.165) is 42.6 Å². The van der Waals surface area contributed by atoms with Gasteiger partial charge in [-0.15, -0.1) is 0 Å². The fourth-order valence-corrected chi connectivity index (χ4v) is 2.52. The van der Waals surface area contributed by atoms with Crippen LogP contribution in [0.3, 0.4) is 0 Å². The zero-order valence-electron chi connectivity index (χ0n) is 11.6. The number of carboxylic acid groups (broad SMARTS) is 1. The number of carboxylic acids is 1. The highest BCUT2D eigenvalue weighted by molar-refractivity contribution is 5.93. The van der Waals surface area contributed by atoms with Gasteiger partial charge < -0.3 is 10.0 Å². The van der Waals surface area contributed by atoms with E-state index in [1.807, 2.05) is 18.7 Å². The quantitative estimate of drug-likeness (QED) is 0.827. The summed E-state index contributed by atoms with van der Waals surface area (Å²) in [6.45, 7) is 9.21. The van der Waals surface area contributed by atoms with Crippen LogP contribution in [0.15, 0.2) is 18.2 Å². The molecule has 1 aromatic heterocycles. The molecule has 0 fully saturated rings. The van der Waals surface area contributed by atoms with Crippen LogP contribution in [0.25, 0.3) is 0 Å². The summed E-state index contributed by atoms with van der Waals surface area (Å²) in [7, 11) is 0. The van der Waals surface area contributed by atoms with Crippen molar-refractivity contribution in [3.8, 4) is 0 Å². The van der Waals surface area contributed by atoms with E-state index in [2.05, 4.69) is 11.6 Å². The van der Waals surface area contributed by atoms with Gasteiger partial charge in [-0.1, -0.05) is 12.2 Å². The van der Waals surface area contributed by atoms with Crippen LogP contribution in [0.1, 0.15) is 41.9 Å². The number of aryl methyl sites for hydroxylation is 2. The van der Waals surface area contributed by atoms with E-state index >= 15 is 0 Å². The Kier molecular flexibility index (Phi) is 3.88. The molecule has 0 saturated carbocycles. The number of hydrogen-bond donors (Lipinski definition) is 1. The number of carbonyl (C=O) groups is 1. The van der Waals surface area contributed by atoms with Gasteiger partial charge in [0.25, 0.3) is 0 Å². The van der Waals surface area contributed by atoms with Gasteiger partial charge in [0.2, 0.25) is 0 Å². The Labute approximate surface area is 113 Å². The summed E-state index contributed by atoms with van der Waals surface area (Å²) in [6.07, 6.45) is 2.96. The summed E-state index contributed by atoms with van der Waals surface area (Å²) >= 11 is 0. The van der Waals surface area contributed by atoms with Crippen LogP contribution in [0, 0.1) is 0 Å². The summed E-state index contributed by atoms with van der Waals surface area (Å²) in [5.74, 6) is -0.323. The molecule has 0 atom stereocenters. The third-order valence-electron chi connectivity index (χ3n) is 3.40. The van der Waals surface area contributed by atoms with Crippen molar-refractivity contribution in [2.45, 2.75) is 33.1 Å². The molecule has 1 aliphatic carbocycles. The molecule has 4 heteroatoms. The first-order chi connectivity index (χ1) is 9.02. The molecule has 0 amide bonds. The zero-order chi connectivity index (χ0) is 14.0. The molecular formula is C15H20N2O2. The first-order valence-electron chi connectivity index (χ1n) is 6.68. The molecule has 0 aromatic carbocycles. The summed E-state index contributed by atoms with van der Waals surface area (Å²) in [5.41, 5.74) is 3.46. The van der Waals surface area contributed by atoms with E-state index in [9.17, 15) is 9.90 Å². The van der Waals surface area contributed by atoms with Crippen LogP contribution in [-0.2, 0) is 12.8 Å². The predicted molar refractivity (Wildman–Crippen MR) is 75.9 cm³/mol. The number of aromatic nitrogens is 1. The van der Waals surface area contributed by atoms with E-state index in [1.54, 1.807) is 6.07 Å². The summed E-state index contributed by atoms with van der Waals surface area (Å²) in [6, 6.07) is 1.80. The molecule has 0 spiro atoms. The number of rotatable bonds is 5. The van der Waals surface area contributed by atoms with Gasteiger partial charge in [-0.2, -0.15) is 0 Å². The number of fused-ring (bicyclic) bond motifs is 1. The van der Waals surface area contributed by atoms with Crippen molar-refractivity contribution in [3.05, 3.63) is 35.0 Å². The highest BCUT2D eigenvalue weighted by Gasteiger charge is 2.22.